The zero-order valence-corrected chi connectivity index (χ0v) is 18.2. The van der Waals surface area contributed by atoms with E-state index < -0.39 is 60.3 Å². The maximum atomic E-state index is 12.4. The number of carboxylic acid groups (broad SMARTS) is 1. The highest BCUT2D eigenvalue weighted by atomic mass is 16.4. The Kier molecular flexibility index (Phi) is 10.6. The van der Waals surface area contributed by atoms with Gasteiger partial charge in [-0.3, -0.25) is 39.1 Å². The second kappa shape index (κ2) is 12.9. The molecule has 9 N–H and O–H groups in total. The van der Waals surface area contributed by atoms with E-state index in [1.807, 2.05) is 0 Å². The number of nitrogens with two attached hydrogens (primary N) is 2. The third-order valence-electron chi connectivity index (χ3n) is 4.65. The molecule has 0 aromatic rings. The van der Waals surface area contributed by atoms with Crippen LogP contribution >= 0.6 is 0 Å². The molecule has 0 fully saturated rings. The van der Waals surface area contributed by atoms with Crippen LogP contribution in [0.5, 0.6) is 0 Å². The van der Waals surface area contributed by atoms with Crippen LogP contribution in [0.2, 0.25) is 0 Å². The highest BCUT2D eigenvalue weighted by Crippen LogP contribution is 2.09. The van der Waals surface area contributed by atoms with Crippen LogP contribution in [0.4, 0.5) is 0 Å². The highest BCUT2D eigenvalue weighted by molar-refractivity contribution is 6.17. The molecule has 4 amide bonds. The van der Waals surface area contributed by atoms with Crippen LogP contribution in [0, 0.1) is 5.41 Å². The smallest absolute Gasteiger partial charge is 0.305 e. The van der Waals surface area contributed by atoms with Crippen molar-refractivity contribution in [2.75, 3.05) is 19.6 Å². The molecule has 0 bridgehead atoms. The van der Waals surface area contributed by atoms with Gasteiger partial charge in [0, 0.05) is 25.7 Å². The SMILES string of the molecule is CC1=CC(=O)N(CCNC(=O)[C@H](CC(=O)O)NC(=O)[C@@H](N)CCCNC(=N)N)C(=O)CC1=O. The normalized spacial score (nSPS) is 15.8. The number of carbonyl (C=O) groups is 6. The number of rotatable bonds is 12. The molecule has 33 heavy (non-hydrogen) atoms. The quantitative estimate of drug-likeness (QED) is 0.0502. The first-order valence-corrected chi connectivity index (χ1v) is 10.1. The standard InChI is InChI=1S/C19H29N7O7/c1-10-7-14(28)26(15(29)9-13(10)27)6-5-23-18(33)12(8-16(30)31)25-17(32)11(20)3-2-4-24-19(21)22/h7,11-12H,2-6,8-9,20H2,1H3,(H,23,33)(H,25,32)(H,30,31)(H4,21,22,24)/t11-,12-/m0/s1. The summed E-state index contributed by atoms with van der Waals surface area (Å²) in [6.07, 6.45) is 0.445. The van der Waals surface area contributed by atoms with Gasteiger partial charge in [0.2, 0.25) is 17.7 Å². The van der Waals surface area contributed by atoms with Crippen molar-refractivity contribution in [3.63, 3.8) is 0 Å². The lowest BCUT2D eigenvalue weighted by molar-refractivity contribution is -0.142. The van der Waals surface area contributed by atoms with Crippen LogP contribution in [0.3, 0.4) is 0 Å². The van der Waals surface area contributed by atoms with E-state index in [2.05, 4.69) is 16.0 Å². The van der Waals surface area contributed by atoms with E-state index in [4.69, 9.17) is 22.0 Å². The van der Waals surface area contributed by atoms with Crippen LogP contribution in [0.15, 0.2) is 11.6 Å². The van der Waals surface area contributed by atoms with Gasteiger partial charge in [0.05, 0.1) is 18.9 Å². The minimum absolute atomic E-state index is 0.150. The average Bonchev–Trinajstić information content (AvgIpc) is 2.80. The van der Waals surface area contributed by atoms with E-state index in [0.717, 1.165) is 11.0 Å². The van der Waals surface area contributed by atoms with E-state index in [0.29, 0.717) is 13.0 Å². The average molecular weight is 467 g/mol. The Labute approximate surface area is 189 Å². The van der Waals surface area contributed by atoms with E-state index in [9.17, 15) is 28.8 Å². The van der Waals surface area contributed by atoms with E-state index in [1.165, 1.54) is 6.92 Å². The van der Waals surface area contributed by atoms with Crippen molar-refractivity contribution in [3.05, 3.63) is 11.6 Å². The van der Waals surface area contributed by atoms with Crippen LogP contribution in [0.25, 0.3) is 0 Å². The summed E-state index contributed by atoms with van der Waals surface area (Å²) < 4.78 is 0. The molecule has 0 saturated carbocycles. The summed E-state index contributed by atoms with van der Waals surface area (Å²) in [5, 5.41) is 23.3. The third kappa shape index (κ3) is 9.47. The van der Waals surface area contributed by atoms with E-state index >= 15 is 0 Å². The molecule has 1 heterocycles. The fourth-order valence-corrected chi connectivity index (χ4v) is 2.83. The van der Waals surface area contributed by atoms with Crippen LogP contribution in [0.1, 0.15) is 32.6 Å². The van der Waals surface area contributed by atoms with Crippen molar-refractivity contribution in [3.8, 4) is 0 Å². The second-order valence-corrected chi connectivity index (χ2v) is 7.35. The molecule has 1 aliphatic rings. The third-order valence-corrected chi connectivity index (χ3v) is 4.65. The number of hydrogen-bond acceptors (Lipinski definition) is 8. The molecule has 182 valence electrons. The summed E-state index contributed by atoms with van der Waals surface area (Å²) in [7, 11) is 0. The Morgan fingerprint density at radius 2 is 1.85 bits per heavy atom. The maximum Gasteiger partial charge on any atom is 0.305 e. The van der Waals surface area contributed by atoms with Gasteiger partial charge in [0.25, 0.3) is 5.91 Å². The molecule has 14 heteroatoms. The number of carboxylic acids is 1. The van der Waals surface area contributed by atoms with Gasteiger partial charge in [-0.05, 0) is 25.3 Å². The molecule has 14 nitrogen and oxygen atoms in total. The van der Waals surface area contributed by atoms with Gasteiger partial charge in [0.1, 0.15) is 6.04 Å². The van der Waals surface area contributed by atoms with Gasteiger partial charge in [-0.25, -0.2) is 0 Å². The molecule has 1 rings (SSSR count). The van der Waals surface area contributed by atoms with E-state index in [1.54, 1.807) is 0 Å². The minimum Gasteiger partial charge on any atom is -0.481 e. The second-order valence-electron chi connectivity index (χ2n) is 7.35. The monoisotopic (exact) mass is 467 g/mol. The van der Waals surface area contributed by atoms with Crippen molar-refractivity contribution in [2.24, 2.45) is 11.5 Å². The van der Waals surface area contributed by atoms with Crippen molar-refractivity contribution >= 4 is 41.3 Å². The lowest BCUT2D eigenvalue weighted by Crippen LogP contribution is -2.53. The molecule has 2 atom stereocenters. The Morgan fingerprint density at radius 1 is 1.18 bits per heavy atom. The zero-order chi connectivity index (χ0) is 25.1. The van der Waals surface area contributed by atoms with Gasteiger partial charge < -0.3 is 32.5 Å². The summed E-state index contributed by atoms with van der Waals surface area (Å²) >= 11 is 0. The number of nitrogens with one attached hydrogen (secondary N) is 4. The molecule has 0 aromatic heterocycles. The molecule has 0 aliphatic carbocycles. The number of ketones is 1. The fraction of sp³-hybridized carbons (Fsp3) is 0.526. The summed E-state index contributed by atoms with van der Waals surface area (Å²) in [6.45, 7) is 1.27. The number of guanidine groups is 1. The molecule has 0 unspecified atom stereocenters. The van der Waals surface area contributed by atoms with Crippen LogP contribution < -0.4 is 27.4 Å². The maximum absolute atomic E-state index is 12.4. The largest absolute Gasteiger partial charge is 0.481 e. The first-order valence-electron chi connectivity index (χ1n) is 10.1. The van der Waals surface area contributed by atoms with Crippen molar-refractivity contribution in [2.45, 2.75) is 44.7 Å². The van der Waals surface area contributed by atoms with Crippen LogP contribution in [-0.4, -0.2) is 83.1 Å². The van der Waals surface area contributed by atoms with Gasteiger partial charge in [-0.1, -0.05) is 0 Å². The van der Waals surface area contributed by atoms with Gasteiger partial charge in [0.15, 0.2) is 11.7 Å². The van der Waals surface area contributed by atoms with Gasteiger partial charge in [-0.15, -0.1) is 0 Å². The molecule has 0 radical (unpaired) electrons. The van der Waals surface area contributed by atoms with Gasteiger partial charge >= 0.3 is 5.97 Å². The Balaban J connectivity index is 2.63. The van der Waals surface area contributed by atoms with Crippen molar-refractivity contribution < 1.29 is 33.9 Å². The number of hydrogen-bond donors (Lipinski definition) is 7. The zero-order valence-electron chi connectivity index (χ0n) is 18.2. The Morgan fingerprint density at radius 3 is 2.45 bits per heavy atom. The number of amides is 4. The number of allylic oxidation sites excluding steroid dienone is 1. The summed E-state index contributed by atoms with van der Waals surface area (Å²) in [5.74, 6) is -5.03. The molecule has 0 spiro atoms. The fourth-order valence-electron chi connectivity index (χ4n) is 2.83. The number of Topliss-reactive ketones (excluding diaryl/α,β-unsaturated/α-hetero) is 1. The van der Waals surface area contributed by atoms with Crippen LogP contribution in [-0.2, 0) is 28.8 Å². The number of aliphatic carboxylic acids is 1. The number of carbonyl (C=O) groups excluding carboxylic acids is 5. The number of imide groups is 1. The Bertz CT molecular complexity index is 855. The van der Waals surface area contributed by atoms with Crippen molar-refractivity contribution in [1.29, 1.82) is 5.41 Å². The molecular formula is C19H29N7O7. The lowest BCUT2D eigenvalue weighted by Gasteiger charge is -2.21. The lowest BCUT2D eigenvalue weighted by atomic mass is 10.1. The summed E-state index contributed by atoms with van der Waals surface area (Å²) in [5.41, 5.74) is 11.1. The molecule has 1 aliphatic heterocycles. The predicted molar refractivity (Wildman–Crippen MR) is 114 cm³/mol. The van der Waals surface area contributed by atoms with E-state index in [-0.39, 0.29) is 31.0 Å². The molecular weight excluding hydrogens is 438 g/mol. The predicted octanol–water partition coefficient (Wildman–Crippen LogP) is -3.07. The highest BCUT2D eigenvalue weighted by Gasteiger charge is 2.29. The molecule has 0 aromatic carbocycles. The molecule has 0 saturated heterocycles. The topological polar surface area (TPSA) is 238 Å². The summed E-state index contributed by atoms with van der Waals surface area (Å²) in [6, 6.07) is -2.46. The summed E-state index contributed by atoms with van der Waals surface area (Å²) in [4.78, 5) is 72.4. The first-order chi connectivity index (χ1) is 15.4. The number of nitrogens with zero attached hydrogens (tertiary/aromatic N) is 1. The van der Waals surface area contributed by atoms with Gasteiger partial charge in [-0.2, -0.15) is 0 Å². The minimum atomic E-state index is -1.43. The van der Waals surface area contributed by atoms with Crippen molar-refractivity contribution in [1.82, 2.24) is 20.9 Å². The first kappa shape index (κ1) is 27.2. The Hall–Kier alpha value is -3.81.